The predicted molar refractivity (Wildman–Crippen MR) is 106 cm³/mol. The number of amides is 2. The average Bonchev–Trinajstić information content (AvgIpc) is 3.48. The van der Waals surface area contributed by atoms with Crippen LogP contribution in [0.4, 0.5) is 0 Å². The normalized spacial score (nSPS) is 20.9. The summed E-state index contributed by atoms with van der Waals surface area (Å²) in [6, 6.07) is 7.39. The van der Waals surface area contributed by atoms with Crippen molar-refractivity contribution in [3.8, 4) is 0 Å². The summed E-state index contributed by atoms with van der Waals surface area (Å²) >= 11 is 0. The van der Waals surface area contributed by atoms with Gasteiger partial charge in [-0.1, -0.05) is 48.9 Å². The molecule has 1 N–H and O–H groups in total. The highest BCUT2D eigenvalue weighted by atomic mass is 16.2. The molecule has 2 aliphatic carbocycles. The minimum Gasteiger partial charge on any atom is -0.278 e. The lowest BCUT2D eigenvalue weighted by atomic mass is 10.0. The zero-order valence-electron chi connectivity index (χ0n) is 15.6. The molecule has 2 unspecified atom stereocenters. The minimum atomic E-state index is -0.203. The first-order valence-corrected chi connectivity index (χ1v) is 9.39. The molecule has 142 valence electrons. The summed E-state index contributed by atoms with van der Waals surface area (Å²) in [7, 11) is 0. The van der Waals surface area contributed by atoms with E-state index in [9.17, 15) is 14.4 Å². The molecule has 2 amide bonds. The molecule has 0 spiro atoms. The molecule has 6 heteroatoms. The fourth-order valence-corrected chi connectivity index (χ4v) is 3.57. The van der Waals surface area contributed by atoms with Crippen LogP contribution < -0.4 is 5.56 Å². The monoisotopic (exact) mass is 375 g/mol. The van der Waals surface area contributed by atoms with Crippen LogP contribution in [0.2, 0.25) is 0 Å². The number of aromatic nitrogens is 2. The van der Waals surface area contributed by atoms with Gasteiger partial charge in [-0.25, -0.2) is 5.10 Å². The number of carbonyl (C=O) groups is 2. The van der Waals surface area contributed by atoms with Gasteiger partial charge in [-0.15, -0.1) is 0 Å². The molecule has 0 aliphatic heterocycles. The average molecular weight is 375 g/mol. The largest absolute Gasteiger partial charge is 0.278 e. The van der Waals surface area contributed by atoms with E-state index in [2.05, 4.69) is 10.2 Å². The van der Waals surface area contributed by atoms with Crippen molar-refractivity contribution in [3.05, 3.63) is 75.9 Å². The zero-order chi connectivity index (χ0) is 19.7. The van der Waals surface area contributed by atoms with Gasteiger partial charge in [0.2, 0.25) is 12.3 Å². The summed E-state index contributed by atoms with van der Waals surface area (Å²) in [6.45, 7) is 2.02. The van der Waals surface area contributed by atoms with Crippen molar-refractivity contribution in [2.75, 3.05) is 0 Å². The maximum atomic E-state index is 12.5. The number of rotatable bonds is 5. The fraction of sp³-hybridized carbons (Fsp3) is 0.273. The van der Waals surface area contributed by atoms with Gasteiger partial charge < -0.3 is 0 Å². The highest BCUT2D eigenvalue weighted by Crippen LogP contribution is 2.39. The van der Waals surface area contributed by atoms with Crippen LogP contribution in [0, 0.1) is 11.8 Å². The SMILES string of the molecule is CC1CC1C(=O)N(C=O)C1=CCC(Cc2n[nH]c(=O)c3ccccc23)=CC=C1. The second kappa shape index (κ2) is 7.38. The smallest absolute Gasteiger partial charge is 0.272 e. The van der Waals surface area contributed by atoms with E-state index in [-0.39, 0.29) is 17.4 Å². The third-order valence-corrected chi connectivity index (χ3v) is 5.39. The third kappa shape index (κ3) is 3.45. The Kier molecular flexibility index (Phi) is 4.77. The quantitative estimate of drug-likeness (QED) is 0.815. The topological polar surface area (TPSA) is 83.1 Å². The van der Waals surface area contributed by atoms with Crippen molar-refractivity contribution in [3.63, 3.8) is 0 Å². The van der Waals surface area contributed by atoms with Crippen molar-refractivity contribution in [1.29, 1.82) is 0 Å². The first-order chi connectivity index (χ1) is 13.6. The van der Waals surface area contributed by atoms with Crippen LogP contribution in [0.15, 0.2) is 64.6 Å². The van der Waals surface area contributed by atoms with Crippen LogP contribution in [-0.4, -0.2) is 27.4 Å². The van der Waals surface area contributed by atoms with Gasteiger partial charge in [-0.2, -0.15) is 5.10 Å². The number of nitrogens with one attached hydrogen (secondary N) is 1. The Hall–Kier alpha value is -3.28. The van der Waals surface area contributed by atoms with E-state index >= 15 is 0 Å². The highest BCUT2D eigenvalue weighted by molar-refractivity contribution is 5.92. The van der Waals surface area contributed by atoms with Gasteiger partial charge in [-0.3, -0.25) is 19.3 Å². The van der Waals surface area contributed by atoms with Gasteiger partial charge in [0.25, 0.3) is 5.56 Å². The van der Waals surface area contributed by atoms with E-state index in [0.29, 0.717) is 36.3 Å². The number of fused-ring (bicyclic) bond motifs is 1. The Morgan fingerprint density at radius 1 is 1.32 bits per heavy atom. The fourth-order valence-electron chi connectivity index (χ4n) is 3.57. The molecule has 0 saturated heterocycles. The van der Waals surface area contributed by atoms with Crippen molar-refractivity contribution in [2.24, 2.45) is 11.8 Å². The van der Waals surface area contributed by atoms with Crippen LogP contribution >= 0.6 is 0 Å². The molecular formula is C22H21N3O3. The number of benzene rings is 1. The Bertz CT molecular complexity index is 1090. The van der Waals surface area contributed by atoms with Crippen LogP contribution in [0.5, 0.6) is 0 Å². The second-order valence-electron chi connectivity index (χ2n) is 7.37. The number of nitrogens with zero attached hydrogens (tertiary/aromatic N) is 2. The Morgan fingerprint density at radius 3 is 2.79 bits per heavy atom. The van der Waals surface area contributed by atoms with Gasteiger partial charge in [0.1, 0.15) is 0 Å². The molecule has 1 heterocycles. The number of hydrogen-bond donors (Lipinski definition) is 1. The van der Waals surface area contributed by atoms with E-state index in [0.717, 1.165) is 23.1 Å². The van der Waals surface area contributed by atoms with E-state index in [1.165, 1.54) is 4.90 Å². The van der Waals surface area contributed by atoms with E-state index in [1.807, 2.05) is 43.4 Å². The lowest BCUT2D eigenvalue weighted by molar-refractivity contribution is -0.136. The standard InChI is InChI=1S/C22H21N3O3/c1-14-11-19(14)22(28)25(13-26)16-6-4-5-15(9-10-16)12-20-17-7-2-3-8-18(17)21(27)24-23-20/h2-8,10,13-14,19H,9,11-12H2,1H3,(H,24,27). The lowest BCUT2D eigenvalue weighted by Crippen LogP contribution is -2.30. The molecule has 1 saturated carbocycles. The number of hydrogen-bond acceptors (Lipinski definition) is 4. The van der Waals surface area contributed by atoms with Crippen molar-refractivity contribution >= 4 is 23.1 Å². The van der Waals surface area contributed by atoms with Crippen molar-refractivity contribution in [1.82, 2.24) is 15.1 Å². The molecule has 1 aromatic carbocycles. The van der Waals surface area contributed by atoms with Gasteiger partial charge in [0, 0.05) is 23.4 Å². The third-order valence-electron chi connectivity index (χ3n) is 5.39. The summed E-state index contributed by atoms with van der Waals surface area (Å²) in [5.41, 5.74) is 2.27. The number of H-pyrrole nitrogens is 1. The molecule has 2 aromatic rings. The molecule has 2 atom stereocenters. The van der Waals surface area contributed by atoms with Gasteiger partial charge in [0.05, 0.1) is 11.1 Å². The molecule has 1 aromatic heterocycles. The maximum Gasteiger partial charge on any atom is 0.272 e. The predicted octanol–water partition coefficient (Wildman–Crippen LogP) is 2.88. The number of carbonyl (C=O) groups excluding carboxylic acids is 2. The first kappa shape index (κ1) is 18.1. The van der Waals surface area contributed by atoms with E-state index in [1.54, 1.807) is 12.1 Å². The summed E-state index contributed by atoms with van der Waals surface area (Å²) in [6.07, 6.45) is 10.1. The highest BCUT2D eigenvalue weighted by Gasteiger charge is 2.42. The van der Waals surface area contributed by atoms with Gasteiger partial charge in [-0.05, 0) is 30.9 Å². The zero-order valence-corrected chi connectivity index (χ0v) is 15.6. The van der Waals surface area contributed by atoms with Crippen molar-refractivity contribution < 1.29 is 9.59 Å². The summed E-state index contributed by atoms with van der Waals surface area (Å²) in [5, 5.41) is 8.23. The number of aromatic amines is 1. The van der Waals surface area contributed by atoms with Crippen LogP contribution in [0.3, 0.4) is 0 Å². The Morgan fingerprint density at radius 2 is 2.07 bits per heavy atom. The van der Waals surface area contributed by atoms with E-state index in [4.69, 9.17) is 0 Å². The van der Waals surface area contributed by atoms with Crippen LogP contribution in [0.25, 0.3) is 10.8 Å². The molecule has 0 bridgehead atoms. The summed E-state index contributed by atoms with van der Waals surface area (Å²) in [5.74, 6) is 0.167. The second-order valence-corrected chi connectivity index (χ2v) is 7.37. The minimum absolute atomic E-state index is 0.0492. The van der Waals surface area contributed by atoms with Gasteiger partial charge in [0.15, 0.2) is 0 Å². The summed E-state index contributed by atoms with van der Waals surface area (Å²) < 4.78 is 0. The summed E-state index contributed by atoms with van der Waals surface area (Å²) in [4.78, 5) is 37.2. The number of imide groups is 1. The molecule has 6 nitrogen and oxygen atoms in total. The first-order valence-electron chi connectivity index (χ1n) is 9.39. The molecule has 28 heavy (non-hydrogen) atoms. The number of allylic oxidation sites excluding steroid dienone is 5. The van der Waals surface area contributed by atoms with Crippen molar-refractivity contribution in [2.45, 2.75) is 26.2 Å². The lowest BCUT2D eigenvalue weighted by Gasteiger charge is -2.16. The molecule has 4 rings (SSSR count). The maximum absolute atomic E-state index is 12.5. The molecule has 1 fully saturated rings. The van der Waals surface area contributed by atoms with Crippen LogP contribution in [0.1, 0.15) is 25.5 Å². The molecular weight excluding hydrogens is 354 g/mol. The van der Waals surface area contributed by atoms with E-state index < -0.39 is 0 Å². The van der Waals surface area contributed by atoms with Crippen LogP contribution in [-0.2, 0) is 16.0 Å². The Labute approximate surface area is 162 Å². The molecule has 0 radical (unpaired) electrons. The van der Waals surface area contributed by atoms with Gasteiger partial charge >= 0.3 is 0 Å². The molecule has 2 aliphatic rings. The Balaban J connectivity index is 1.55.